The van der Waals surface area contributed by atoms with Crippen molar-refractivity contribution >= 4 is 17.3 Å². The Morgan fingerprint density at radius 1 is 1.44 bits per heavy atom. The van der Waals surface area contributed by atoms with E-state index < -0.39 is 24.6 Å². The van der Waals surface area contributed by atoms with E-state index in [1.807, 2.05) is 6.92 Å². The number of aliphatic hydroxyl groups is 2. The van der Waals surface area contributed by atoms with Crippen LogP contribution in [0.15, 0.2) is 0 Å². The average Bonchev–Trinajstić information content (AvgIpc) is 2.32. The second-order valence-corrected chi connectivity index (χ2v) is 4.93. The summed E-state index contributed by atoms with van der Waals surface area (Å²) in [7, 11) is 0. The molecule has 1 saturated heterocycles. The lowest BCUT2D eigenvalue weighted by atomic mass is 9.93. The highest BCUT2D eigenvalue weighted by atomic mass is 32.1. The van der Waals surface area contributed by atoms with Gasteiger partial charge in [0.25, 0.3) is 0 Å². The van der Waals surface area contributed by atoms with E-state index >= 15 is 0 Å². The molecule has 3 N–H and O–H groups in total. The molecule has 0 aliphatic carbocycles. The van der Waals surface area contributed by atoms with Gasteiger partial charge >= 0.3 is 0 Å². The molecule has 1 aliphatic heterocycles. The maximum Gasteiger partial charge on any atom is 0.245 e. The summed E-state index contributed by atoms with van der Waals surface area (Å²) in [5.74, 6) is -1.26. The molecule has 106 valence electrons. The van der Waals surface area contributed by atoms with Crippen LogP contribution >= 0.6 is 12.2 Å². The van der Waals surface area contributed by atoms with Gasteiger partial charge in [0.2, 0.25) is 6.43 Å². The molecule has 18 heavy (non-hydrogen) atoms. The number of β-amino-alcohol motifs (C(OH)–C–C–N with tert-alkyl or cyclic N) is 1. The number of rotatable bonds is 4. The molecular weight excluding hydrogens is 262 g/mol. The second kappa shape index (κ2) is 7.16. The van der Waals surface area contributed by atoms with Crippen molar-refractivity contribution in [3.8, 4) is 0 Å². The van der Waals surface area contributed by atoms with Crippen molar-refractivity contribution in [1.82, 2.24) is 10.2 Å². The summed E-state index contributed by atoms with van der Waals surface area (Å²) >= 11 is 5.10. The van der Waals surface area contributed by atoms with E-state index in [1.165, 1.54) is 4.90 Å². The SMILES string of the molecule is CCCCNC(=S)N1CC(C(F)F)[C@@H](O)[C@H](O)C1. The molecule has 0 aromatic heterocycles. The van der Waals surface area contributed by atoms with E-state index in [-0.39, 0.29) is 13.1 Å². The lowest BCUT2D eigenvalue weighted by Gasteiger charge is -2.40. The van der Waals surface area contributed by atoms with Crippen LogP contribution in [-0.4, -0.2) is 58.5 Å². The molecule has 1 unspecified atom stereocenters. The fourth-order valence-corrected chi connectivity index (χ4v) is 2.19. The molecule has 0 spiro atoms. The summed E-state index contributed by atoms with van der Waals surface area (Å²) in [5.41, 5.74) is 0. The third kappa shape index (κ3) is 4.00. The first-order valence-corrected chi connectivity index (χ1v) is 6.55. The number of hydrogen-bond acceptors (Lipinski definition) is 3. The summed E-state index contributed by atoms with van der Waals surface area (Å²) in [4.78, 5) is 1.50. The largest absolute Gasteiger partial charge is 0.390 e. The van der Waals surface area contributed by atoms with Gasteiger partial charge in [0.05, 0.1) is 18.1 Å². The van der Waals surface area contributed by atoms with Crippen LogP contribution in [0.4, 0.5) is 8.78 Å². The van der Waals surface area contributed by atoms with E-state index in [0.29, 0.717) is 11.7 Å². The van der Waals surface area contributed by atoms with E-state index in [1.54, 1.807) is 0 Å². The zero-order valence-electron chi connectivity index (χ0n) is 10.4. The van der Waals surface area contributed by atoms with Gasteiger partial charge in [0.1, 0.15) is 0 Å². The molecule has 3 atom stereocenters. The van der Waals surface area contributed by atoms with Crippen molar-refractivity contribution in [2.24, 2.45) is 5.92 Å². The van der Waals surface area contributed by atoms with Crippen LogP contribution in [-0.2, 0) is 0 Å². The summed E-state index contributed by atoms with van der Waals surface area (Å²) in [6.45, 7) is 2.78. The van der Waals surface area contributed by atoms with E-state index in [4.69, 9.17) is 12.2 Å². The Labute approximate surface area is 111 Å². The first-order valence-electron chi connectivity index (χ1n) is 6.14. The summed E-state index contributed by atoms with van der Waals surface area (Å²) < 4.78 is 25.5. The third-order valence-electron chi connectivity index (χ3n) is 3.09. The maximum absolute atomic E-state index is 12.7. The summed E-state index contributed by atoms with van der Waals surface area (Å²) in [6.07, 6.45) is -3.30. The quantitative estimate of drug-likeness (QED) is 0.520. The molecule has 7 heteroatoms. The average molecular weight is 282 g/mol. The van der Waals surface area contributed by atoms with Crippen LogP contribution in [0.1, 0.15) is 19.8 Å². The van der Waals surface area contributed by atoms with Gasteiger partial charge in [-0.1, -0.05) is 13.3 Å². The van der Waals surface area contributed by atoms with E-state index in [9.17, 15) is 19.0 Å². The monoisotopic (exact) mass is 282 g/mol. The van der Waals surface area contributed by atoms with Gasteiger partial charge in [0.15, 0.2) is 5.11 Å². The predicted octanol–water partition coefficient (Wildman–Crippen LogP) is 0.580. The van der Waals surface area contributed by atoms with Gasteiger partial charge in [-0.3, -0.25) is 0 Å². The molecule has 0 bridgehead atoms. The summed E-state index contributed by atoms with van der Waals surface area (Å²) in [6, 6.07) is 0. The van der Waals surface area contributed by atoms with Crippen LogP contribution in [0.5, 0.6) is 0 Å². The molecule has 1 fully saturated rings. The van der Waals surface area contributed by atoms with Crippen molar-refractivity contribution < 1.29 is 19.0 Å². The van der Waals surface area contributed by atoms with Crippen LogP contribution in [0.2, 0.25) is 0 Å². The number of piperidine rings is 1. The molecule has 1 aliphatic rings. The Balaban J connectivity index is 2.53. The van der Waals surface area contributed by atoms with Crippen LogP contribution in [0.3, 0.4) is 0 Å². The van der Waals surface area contributed by atoms with Crippen molar-refractivity contribution in [2.45, 2.75) is 38.4 Å². The van der Waals surface area contributed by atoms with Gasteiger partial charge in [-0.2, -0.15) is 0 Å². The molecule has 0 saturated carbocycles. The minimum Gasteiger partial charge on any atom is -0.390 e. The van der Waals surface area contributed by atoms with Gasteiger partial charge in [-0.15, -0.1) is 0 Å². The number of aliphatic hydroxyl groups excluding tert-OH is 2. The highest BCUT2D eigenvalue weighted by molar-refractivity contribution is 7.80. The normalized spacial score (nSPS) is 28.6. The Morgan fingerprint density at radius 3 is 2.67 bits per heavy atom. The number of unbranched alkanes of at least 4 members (excludes halogenated alkanes) is 1. The number of alkyl halides is 2. The lowest BCUT2D eigenvalue weighted by Crippen LogP contribution is -2.58. The lowest BCUT2D eigenvalue weighted by molar-refractivity contribution is -0.104. The number of likely N-dealkylation sites (tertiary alicyclic amines) is 1. The Bertz CT molecular complexity index is 282. The first kappa shape index (κ1) is 15.5. The van der Waals surface area contributed by atoms with Crippen LogP contribution < -0.4 is 5.32 Å². The van der Waals surface area contributed by atoms with Crippen molar-refractivity contribution in [1.29, 1.82) is 0 Å². The topological polar surface area (TPSA) is 55.7 Å². The van der Waals surface area contributed by atoms with Crippen LogP contribution in [0, 0.1) is 5.92 Å². The molecule has 1 heterocycles. The zero-order valence-corrected chi connectivity index (χ0v) is 11.2. The van der Waals surface area contributed by atoms with Gasteiger partial charge in [-0.05, 0) is 18.6 Å². The second-order valence-electron chi connectivity index (χ2n) is 4.55. The highest BCUT2D eigenvalue weighted by Gasteiger charge is 2.40. The smallest absolute Gasteiger partial charge is 0.245 e. The zero-order chi connectivity index (χ0) is 13.7. The van der Waals surface area contributed by atoms with Crippen molar-refractivity contribution in [3.05, 3.63) is 0 Å². The van der Waals surface area contributed by atoms with Gasteiger partial charge in [0, 0.05) is 19.6 Å². The fourth-order valence-electron chi connectivity index (χ4n) is 1.93. The summed E-state index contributed by atoms with van der Waals surface area (Å²) in [5, 5.41) is 22.4. The van der Waals surface area contributed by atoms with Crippen molar-refractivity contribution in [3.63, 3.8) is 0 Å². The van der Waals surface area contributed by atoms with Gasteiger partial charge in [-0.25, -0.2) is 8.78 Å². The van der Waals surface area contributed by atoms with Crippen molar-refractivity contribution in [2.75, 3.05) is 19.6 Å². The molecule has 0 amide bonds. The molecule has 1 rings (SSSR count). The maximum atomic E-state index is 12.7. The standard InChI is InChI=1S/C11H20F2N2O2S/c1-2-3-4-14-11(18)15-5-7(10(12)13)9(17)8(16)6-15/h7-10,16-17H,2-6H2,1H3,(H,14,18)/t7?,8-,9-/m1/s1. The third-order valence-corrected chi connectivity index (χ3v) is 3.49. The van der Waals surface area contributed by atoms with E-state index in [2.05, 4.69) is 5.32 Å². The molecule has 0 aromatic carbocycles. The molecule has 0 radical (unpaired) electrons. The van der Waals surface area contributed by atoms with E-state index in [0.717, 1.165) is 12.8 Å². The molecule has 4 nitrogen and oxygen atoms in total. The Morgan fingerprint density at radius 2 is 2.11 bits per heavy atom. The van der Waals surface area contributed by atoms with Crippen LogP contribution in [0.25, 0.3) is 0 Å². The first-order chi connectivity index (χ1) is 8.47. The minimum atomic E-state index is -2.67. The Hall–Kier alpha value is -0.530. The predicted molar refractivity (Wildman–Crippen MR) is 68.6 cm³/mol. The molecule has 0 aromatic rings. The number of nitrogens with zero attached hydrogens (tertiary/aromatic N) is 1. The number of halogens is 2. The number of thiocarbonyl (C=S) groups is 1. The number of hydrogen-bond donors (Lipinski definition) is 3. The molecular formula is C11H20F2N2O2S. The highest BCUT2D eigenvalue weighted by Crippen LogP contribution is 2.23. The minimum absolute atomic E-state index is 0.0339. The van der Waals surface area contributed by atoms with Gasteiger partial charge < -0.3 is 20.4 Å². The fraction of sp³-hybridized carbons (Fsp3) is 0.909. The Kier molecular flexibility index (Phi) is 6.17. The number of nitrogens with one attached hydrogen (secondary N) is 1.